The summed E-state index contributed by atoms with van der Waals surface area (Å²) in [7, 11) is 1.61. The van der Waals surface area contributed by atoms with Gasteiger partial charge in [-0.3, -0.25) is 9.69 Å². The highest BCUT2D eigenvalue weighted by molar-refractivity contribution is 5.80. The zero-order valence-corrected chi connectivity index (χ0v) is 20.6. The predicted molar refractivity (Wildman–Crippen MR) is 135 cm³/mol. The fraction of sp³-hybridized carbons (Fsp3) is 0.259. The van der Waals surface area contributed by atoms with Crippen molar-refractivity contribution in [2.45, 2.75) is 39.0 Å². The van der Waals surface area contributed by atoms with E-state index in [2.05, 4.69) is 25.4 Å². The Kier molecular flexibility index (Phi) is 7.09. The van der Waals surface area contributed by atoms with Crippen LogP contribution in [0.25, 0.3) is 10.9 Å². The summed E-state index contributed by atoms with van der Waals surface area (Å²) in [5.41, 5.74) is 2.05. The van der Waals surface area contributed by atoms with Crippen LogP contribution in [-0.4, -0.2) is 37.2 Å². The second-order valence-electron chi connectivity index (χ2n) is 8.81. The van der Waals surface area contributed by atoms with E-state index in [1.807, 2.05) is 43.3 Å². The smallest absolute Gasteiger partial charge is 0.252 e. The van der Waals surface area contributed by atoms with Gasteiger partial charge in [-0.25, -0.2) is 9.07 Å². The molecule has 0 spiro atoms. The number of aromatic nitrogens is 5. The zero-order valence-electron chi connectivity index (χ0n) is 20.6. The molecule has 0 aliphatic heterocycles. The molecule has 5 rings (SSSR count). The number of nitrogens with one attached hydrogen (secondary N) is 1. The molecule has 5 aromatic rings. The van der Waals surface area contributed by atoms with Crippen molar-refractivity contribution in [2.75, 3.05) is 7.11 Å². The number of hydrogen-bond donors (Lipinski definition) is 1. The van der Waals surface area contributed by atoms with Gasteiger partial charge in [0.2, 0.25) is 0 Å². The van der Waals surface area contributed by atoms with Crippen LogP contribution in [0.5, 0.6) is 5.75 Å². The molecule has 0 saturated carbocycles. The first-order valence-electron chi connectivity index (χ1n) is 12.0. The predicted octanol–water partition coefficient (Wildman–Crippen LogP) is 4.46. The maximum Gasteiger partial charge on any atom is 0.252 e. The van der Waals surface area contributed by atoms with Crippen LogP contribution in [0.3, 0.4) is 0 Å². The number of pyridine rings is 1. The van der Waals surface area contributed by atoms with Crippen LogP contribution < -0.4 is 10.3 Å². The standard InChI is InChI=1S/C27H27FN6O3/c1-3-25(26-30-31-32-34(26)15-18-6-8-21(28)9-7-18)33(17-23-5-4-12-37-23)16-20-13-19-14-22(36-2)10-11-24(19)29-27(20)35/h4-14,25H,3,15-17H2,1-2H3,(H,29,35)/t25-/m1/s1. The number of benzene rings is 2. The van der Waals surface area contributed by atoms with Crippen molar-refractivity contribution in [3.63, 3.8) is 0 Å². The van der Waals surface area contributed by atoms with Gasteiger partial charge in [-0.05, 0) is 70.9 Å². The normalized spacial score (nSPS) is 12.3. The minimum absolute atomic E-state index is 0.164. The van der Waals surface area contributed by atoms with E-state index in [-0.39, 0.29) is 17.4 Å². The van der Waals surface area contributed by atoms with Gasteiger partial charge in [0.1, 0.15) is 17.3 Å². The summed E-state index contributed by atoms with van der Waals surface area (Å²) >= 11 is 0. The minimum Gasteiger partial charge on any atom is -0.497 e. The second kappa shape index (κ2) is 10.8. The molecule has 0 fully saturated rings. The minimum atomic E-state index is -0.296. The summed E-state index contributed by atoms with van der Waals surface area (Å²) < 4.78 is 26.1. The van der Waals surface area contributed by atoms with E-state index >= 15 is 0 Å². The molecule has 9 nitrogen and oxygen atoms in total. The van der Waals surface area contributed by atoms with E-state index < -0.39 is 0 Å². The Bertz CT molecular complexity index is 1530. The molecule has 0 amide bonds. The van der Waals surface area contributed by atoms with Crippen LogP contribution in [0.15, 0.2) is 76.1 Å². The first-order valence-corrected chi connectivity index (χ1v) is 12.0. The number of rotatable bonds is 10. The molecule has 1 N–H and O–H groups in total. The Morgan fingerprint density at radius 1 is 1.14 bits per heavy atom. The van der Waals surface area contributed by atoms with Crippen LogP contribution in [0, 0.1) is 5.82 Å². The summed E-state index contributed by atoms with van der Waals surface area (Å²) in [5, 5.41) is 13.3. The first-order chi connectivity index (χ1) is 18.0. The van der Waals surface area contributed by atoms with Gasteiger partial charge in [0.25, 0.3) is 5.56 Å². The number of ether oxygens (including phenoxy) is 1. The molecule has 2 aromatic carbocycles. The Labute approximate surface area is 212 Å². The molecule has 3 heterocycles. The number of nitrogens with zero attached hydrogens (tertiary/aromatic N) is 5. The molecule has 37 heavy (non-hydrogen) atoms. The number of methoxy groups -OCH3 is 1. The molecule has 0 aliphatic rings. The number of fused-ring (bicyclic) bond motifs is 1. The van der Waals surface area contributed by atoms with Gasteiger partial charge in [-0.1, -0.05) is 19.1 Å². The average molecular weight is 503 g/mol. The highest BCUT2D eigenvalue weighted by atomic mass is 19.1. The van der Waals surface area contributed by atoms with Crippen LogP contribution in [-0.2, 0) is 19.6 Å². The monoisotopic (exact) mass is 502 g/mol. The topological polar surface area (TPSA) is 102 Å². The third kappa shape index (κ3) is 5.44. The van der Waals surface area contributed by atoms with Crippen molar-refractivity contribution in [2.24, 2.45) is 0 Å². The number of halogens is 1. The Morgan fingerprint density at radius 2 is 1.97 bits per heavy atom. The quantitative estimate of drug-likeness (QED) is 0.301. The molecule has 0 aliphatic carbocycles. The maximum absolute atomic E-state index is 13.4. The summed E-state index contributed by atoms with van der Waals surface area (Å²) in [6, 6.07) is 17.2. The van der Waals surface area contributed by atoms with Crippen molar-refractivity contribution in [3.05, 3.63) is 106 Å². The molecule has 0 saturated heterocycles. The molecular weight excluding hydrogens is 475 g/mol. The summed E-state index contributed by atoms with van der Waals surface area (Å²) in [5.74, 6) is 1.83. The van der Waals surface area contributed by atoms with Gasteiger partial charge in [0.15, 0.2) is 5.82 Å². The highest BCUT2D eigenvalue weighted by Crippen LogP contribution is 2.27. The third-order valence-electron chi connectivity index (χ3n) is 6.37. The zero-order chi connectivity index (χ0) is 25.8. The summed E-state index contributed by atoms with van der Waals surface area (Å²) in [6.45, 7) is 3.23. The number of aromatic amines is 1. The van der Waals surface area contributed by atoms with E-state index in [0.717, 1.165) is 22.2 Å². The number of hydrogen-bond acceptors (Lipinski definition) is 7. The average Bonchev–Trinajstić information content (AvgIpc) is 3.58. The van der Waals surface area contributed by atoms with Gasteiger partial charge >= 0.3 is 0 Å². The Hall–Kier alpha value is -4.31. The van der Waals surface area contributed by atoms with Crippen molar-refractivity contribution >= 4 is 10.9 Å². The number of H-pyrrole nitrogens is 1. The molecule has 190 valence electrons. The lowest BCUT2D eigenvalue weighted by Crippen LogP contribution is -2.32. The Morgan fingerprint density at radius 3 is 2.70 bits per heavy atom. The Balaban J connectivity index is 1.50. The van der Waals surface area contributed by atoms with Crippen LogP contribution in [0.1, 0.15) is 42.1 Å². The maximum atomic E-state index is 13.4. The molecule has 3 aromatic heterocycles. The van der Waals surface area contributed by atoms with E-state index in [9.17, 15) is 9.18 Å². The van der Waals surface area contributed by atoms with Gasteiger partial charge in [0, 0.05) is 23.0 Å². The van der Waals surface area contributed by atoms with Crippen molar-refractivity contribution in [3.8, 4) is 5.75 Å². The van der Waals surface area contributed by atoms with Crippen molar-refractivity contribution in [1.29, 1.82) is 0 Å². The lowest BCUT2D eigenvalue weighted by atomic mass is 10.1. The van der Waals surface area contributed by atoms with Crippen LogP contribution in [0.2, 0.25) is 0 Å². The second-order valence-corrected chi connectivity index (χ2v) is 8.81. The third-order valence-corrected chi connectivity index (χ3v) is 6.37. The van der Waals surface area contributed by atoms with Crippen molar-refractivity contribution < 1.29 is 13.5 Å². The lowest BCUT2D eigenvalue weighted by molar-refractivity contribution is 0.149. The van der Waals surface area contributed by atoms with Crippen molar-refractivity contribution in [1.82, 2.24) is 30.1 Å². The highest BCUT2D eigenvalue weighted by Gasteiger charge is 2.27. The molecule has 0 radical (unpaired) electrons. The summed E-state index contributed by atoms with van der Waals surface area (Å²) in [4.78, 5) is 18.1. The van der Waals surface area contributed by atoms with E-state index in [1.54, 1.807) is 30.2 Å². The number of tetrazole rings is 1. The van der Waals surface area contributed by atoms with Gasteiger partial charge in [-0.2, -0.15) is 0 Å². The molecule has 1 atom stereocenters. The van der Waals surface area contributed by atoms with Gasteiger partial charge in [0.05, 0.1) is 32.5 Å². The first kappa shape index (κ1) is 24.4. The SMILES string of the molecule is CC[C@H](c1nnnn1Cc1ccc(F)cc1)N(Cc1ccco1)Cc1cc2cc(OC)ccc2[nH]c1=O. The molecule has 0 bridgehead atoms. The fourth-order valence-electron chi connectivity index (χ4n) is 4.50. The van der Waals surface area contributed by atoms with Crippen LogP contribution in [0.4, 0.5) is 4.39 Å². The van der Waals surface area contributed by atoms with E-state index in [1.165, 1.54) is 12.1 Å². The van der Waals surface area contributed by atoms with Gasteiger partial charge in [-0.15, -0.1) is 5.10 Å². The fourth-order valence-corrected chi connectivity index (χ4v) is 4.50. The number of furan rings is 1. The lowest BCUT2D eigenvalue weighted by Gasteiger charge is -2.29. The summed E-state index contributed by atoms with van der Waals surface area (Å²) in [6.07, 6.45) is 2.31. The van der Waals surface area contributed by atoms with E-state index in [0.29, 0.717) is 43.2 Å². The van der Waals surface area contributed by atoms with E-state index in [4.69, 9.17) is 9.15 Å². The van der Waals surface area contributed by atoms with Crippen LogP contribution >= 0.6 is 0 Å². The largest absolute Gasteiger partial charge is 0.497 e. The molecule has 0 unspecified atom stereocenters. The van der Waals surface area contributed by atoms with Gasteiger partial charge < -0.3 is 14.1 Å². The molecule has 10 heteroatoms. The molecular formula is C27H27FN6O3.